The van der Waals surface area contributed by atoms with Crippen molar-refractivity contribution in [2.75, 3.05) is 60.3 Å². The molecule has 3 rings (SSSR count). The Morgan fingerprint density at radius 1 is 0.588 bits per heavy atom. The molecular formula is C48H61Br3N8O9. The average molecular weight is 1130 g/mol. The fourth-order valence-electron chi connectivity index (χ4n) is 6.93. The number of benzene rings is 2. The van der Waals surface area contributed by atoms with E-state index in [0.717, 1.165) is 11.1 Å². The van der Waals surface area contributed by atoms with E-state index in [2.05, 4.69) is 103 Å². The number of fused-ring (bicyclic) bond motifs is 2. The molecule has 0 fully saturated rings. The monoisotopic (exact) mass is 1130 g/mol. The highest BCUT2D eigenvalue weighted by Crippen LogP contribution is 2.26. The first-order chi connectivity index (χ1) is 32.9. The third-order valence-electron chi connectivity index (χ3n) is 10.5. The number of hydrogen-bond acceptors (Lipinski definition) is 9. The normalized spacial score (nSPS) is 12.6. The van der Waals surface area contributed by atoms with Crippen molar-refractivity contribution >= 4 is 101 Å². The molecule has 1 aliphatic heterocycles. The van der Waals surface area contributed by atoms with Crippen LogP contribution in [0.15, 0.2) is 48.5 Å². The number of anilines is 1. The largest absolute Gasteiger partial charge is 0.367 e. The van der Waals surface area contributed by atoms with Crippen LogP contribution in [0.4, 0.5) is 5.69 Å². The zero-order chi connectivity index (χ0) is 49.5. The zero-order valence-electron chi connectivity index (χ0n) is 38.0. The fraction of sp³-hybridized carbons (Fsp3) is 0.500. The summed E-state index contributed by atoms with van der Waals surface area (Å²) < 4.78 is 5.27. The van der Waals surface area contributed by atoms with Crippen LogP contribution in [0.2, 0.25) is 0 Å². The van der Waals surface area contributed by atoms with Crippen molar-refractivity contribution in [1.82, 2.24) is 37.2 Å². The first kappa shape index (κ1) is 57.0. The Bertz CT molecular complexity index is 2130. The van der Waals surface area contributed by atoms with Crippen LogP contribution in [-0.4, -0.2) is 121 Å². The standard InChI is InChI=1S/C48H61Br3N8O9/c1-2-28-68-29-27-55-46(65)37(16-7-10-24-52-42(61)30-49)57-48(67)39(18-9-12-26-54-44(63)32-51)58-47(66)38(17-8-11-25-53-43(62)31-50)56-41(60)22-23-45(64)59-33-36-15-4-3-13-34(36)20-21-35-14-5-6-19-40(35)59/h1,3-6,13-15,19,37-39H,7-12,16-18,22-33H2,(H,52,61)(H,53,62)(H,54,63)(H,55,65)(H,56,60)(H,57,67)(H,58,66). The molecule has 3 unspecified atom stereocenters. The minimum atomic E-state index is -1.17. The Morgan fingerprint density at radius 3 is 1.62 bits per heavy atom. The molecule has 20 heteroatoms. The predicted molar refractivity (Wildman–Crippen MR) is 270 cm³/mol. The molecule has 7 N–H and O–H groups in total. The number of amides is 8. The van der Waals surface area contributed by atoms with E-state index in [4.69, 9.17) is 11.2 Å². The Hall–Kier alpha value is -5.28. The number of nitrogens with zero attached hydrogens (tertiary/aromatic N) is 1. The van der Waals surface area contributed by atoms with Gasteiger partial charge in [-0.1, -0.05) is 95.9 Å². The van der Waals surface area contributed by atoms with E-state index in [1.54, 1.807) is 4.90 Å². The molecule has 0 aromatic heterocycles. The molecule has 3 atom stereocenters. The first-order valence-electron chi connectivity index (χ1n) is 22.6. The summed E-state index contributed by atoms with van der Waals surface area (Å²) in [5, 5.41) is 19.8. The topological polar surface area (TPSA) is 233 Å². The second-order valence-electron chi connectivity index (χ2n) is 15.6. The number of rotatable bonds is 31. The lowest BCUT2D eigenvalue weighted by molar-refractivity contribution is -0.134. The highest BCUT2D eigenvalue weighted by molar-refractivity contribution is 9.09. The minimum absolute atomic E-state index is 0.0592. The van der Waals surface area contributed by atoms with Gasteiger partial charge in [0.25, 0.3) is 0 Å². The SMILES string of the molecule is C#CCOCCNC(=O)C(CCCCNC(=O)CBr)NC(=O)C(CCCCNC(=O)CBr)NC(=O)C(CCCCNC(=O)CBr)NC(=O)CCC(=O)N1Cc2ccccc2C#Cc2ccccc21. The summed E-state index contributed by atoms with van der Waals surface area (Å²) in [6.45, 7) is 1.56. The van der Waals surface area contributed by atoms with Gasteiger partial charge in [-0.15, -0.1) is 6.42 Å². The summed E-state index contributed by atoms with van der Waals surface area (Å²) in [7, 11) is 0. The van der Waals surface area contributed by atoms with Gasteiger partial charge < -0.3 is 46.9 Å². The molecular weight excluding hydrogens is 1070 g/mol. The Morgan fingerprint density at radius 2 is 1.07 bits per heavy atom. The van der Waals surface area contributed by atoms with Crippen molar-refractivity contribution in [3.05, 3.63) is 65.2 Å². The first-order valence-corrected chi connectivity index (χ1v) is 25.9. The summed E-state index contributed by atoms with van der Waals surface area (Å²) in [6, 6.07) is 11.5. The molecule has 0 radical (unpaired) electrons. The molecule has 1 aliphatic rings. The molecule has 8 amide bonds. The highest BCUT2D eigenvalue weighted by Gasteiger charge is 2.30. The highest BCUT2D eigenvalue weighted by atomic mass is 79.9. The Balaban J connectivity index is 1.81. The van der Waals surface area contributed by atoms with E-state index < -0.39 is 41.8 Å². The van der Waals surface area contributed by atoms with Crippen molar-refractivity contribution < 1.29 is 43.1 Å². The lowest BCUT2D eigenvalue weighted by atomic mass is 10.0. The van der Waals surface area contributed by atoms with Crippen LogP contribution in [0.25, 0.3) is 0 Å². The van der Waals surface area contributed by atoms with Crippen molar-refractivity contribution in [3.8, 4) is 24.2 Å². The van der Waals surface area contributed by atoms with Crippen LogP contribution in [0, 0.1) is 24.2 Å². The van der Waals surface area contributed by atoms with Gasteiger partial charge in [0.05, 0.1) is 34.8 Å². The lowest BCUT2D eigenvalue weighted by Crippen LogP contribution is -2.57. The lowest BCUT2D eigenvalue weighted by Gasteiger charge is -2.27. The number of unbranched alkanes of at least 4 members (excludes halogenated alkanes) is 3. The molecule has 17 nitrogen and oxygen atoms in total. The quantitative estimate of drug-likeness (QED) is 0.0334. The van der Waals surface area contributed by atoms with E-state index in [-0.39, 0.29) is 98.0 Å². The number of hydrogen-bond donors (Lipinski definition) is 7. The van der Waals surface area contributed by atoms with E-state index in [1.165, 1.54) is 0 Å². The maximum Gasteiger partial charge on any atom is 0.243 e. The van der Waals surface area contributed by atoms with Crippen molar-refractivity contribution in [3.63, 3.8) is 0 Å². The van der Waals surface area contributed by atoms with Crippen molar-refractivity contribution in [1.29, 1.82) is 0 Å². The molecule has 2 aromatic rings. The number of alkyl halides is 3. The van der Waals surface area contributed by atoms with Crippen molar-refractivity contribution in [2.45, 2.75) is 95.3 Å². The van der Waals surface area contributed by atoms with Gasteiger partial charge >= 0.3 is 0 Å². The van der Waals surface area contributed by atoms with Gasteiger partial charge in [0.2, 0.25) is 47.3 Å². The second kappa shape index (κ2) is 33.3. The van der Waals surface area contributed by atoms with Crippen LogP contribution in [0.5, 0.6) is 0 Å². The molecule has 68 heavy (non-hydrogen) atoms. The number of terminal acetylenes is 1. The zero-order valence-corrected chi connectivity index (χ0v) is 42.8. The Kier molecular flexibility index (Phi) is 27.9. The number of carbonyl (C=O) groups excluding carboxylic acids is 8. The number of halogens is 3. The van der Waals surface area contributed by atoms with E-state index in [0.29, 0.717) is 69.4 Å². The Labute approximate surface area is 423 Å². The van der Waals surface area contributed by atoms with Crippen LogP contribution in [0.3, 0.4) is 0 Å². The van der Waals surface area contributed by atoms with Crippen LogP contribution >= 0.6 is 47.8 Å². The van der Waals surface area contributed by atoms with E-state index in [1.807, 2.05) is 48.5 Å². The summed E-state index contributed by atoms with van der Waals surface area (Å²) in [5.74, 6) is 5.41. The number of carbonyl (C=O) groups is 8. The van der Waals surface area contributed by atoms with Crippen LogP contribution < -0.4 is 42.1 Å². The molecule has 368 valence electrons. The summed E-state index contributed by atoms with van der Waals surface area (Å²) >= 11 is 9.34. The summed E-state index contributed by atoms with van der Waals surface area (Å²) in [6.07, 6.45) is 7.99. The number of nitrogens with one attached hydrogen (secondary N) is 7. The van der Waals surface area contributed by atoms with Crippen LogP contribution in [0.1, 0.15) is 87.3 Å². The predicted octanol–water partition coefficient (Wildman–Crippen LogP) is 2.98. The molecule has 0 bridgehead atoms. The molecule has 0 aliphatic carbocycles. The van der Waals surface area contributed by atoms with E-state index in [9.17, 15) is 38.4 Å². The third kappa shape index (κ3) is 21.8. The van der Waals surface area contributed by atoms with Crippen molar-refractivity contribution in [2.24, 2.45) is 0 Å². The molecule has 2 aromatic carbocycles. The number of para-hydroxylation sites is 1. The van der Waals surface area contributed by atoms with Gasteiger partial charge in [-0.05, 0) is 81.5 Å². The van der Waals surface area contributed by atoms with Gasteiger partial charge in [-0.25, -0.2) is 0 Å². The summed E-state index contributed by atoms with van der Waals surface area (Å²) in [4.78, 5) is 106. The molecule has 0 spiro atoms. The smallest absolute Gasteiger partial charge is 0.243 e. The van der Waals surface area contributed by atoms with Gasteiger partial charge in [0, 0.05) is 50.1 Å². The summed E-state index contributed by atoms with van der Waals surface area (Å²) in [5.41, 5.74) is 2.93. The molecule has 0 saturated carbocycles. The fourth-order valence-corrected chi connectivity index (χ4v) is 7.52. The van der Waals surface area contributed by atoms with E-state index >= 15 is 0 Å². The maximum atomic E-state index is 14.2. The average Bonchev–Trinajstić information content (AvgIpc) is 3.34. The molecule has 1 heterocycles. The van der Waals surface area contributed by atoms with Gasteiger partial charge in [0.1, 0.15) is 24.7 Å². The van der Waals surface area contributed by atoms with Gasteiger partial charge in [-0.2, -0.15) is 0 Å². The second-order valence-corrected chi connectivity index (χ2v) is 17.3. The van der Waals surface area contributed by atoms with Crippen LogP contribution in [-0.2, 0) is 49.6 Å². The minimum Gasteiger partial charge on any atom is -0.367 e. The van der Waals surface area contributed by atoms with Gasteiger partial charge in [-0.3, -0.25) is 38.4 Å². The third-order valence-corrected chi connectivity index (χ3v) is 12.0. The number of ether oxygens (including phenoxy) is 1. The van der Waals surface area contributed by atoms with Gasteiger partial charge in [0.15, 0.2) is 0 Å². The molecule has 0 saturated heterocycles. The maximum absolute atomic E-state index is 14.2.